The van der Waals surface area contributed by atoms with E-state index in [-0.39, 0.29) is 18.1 Å². The van der Waals surface area contributed by atoms with Crippen molar-refractivity contribution in [1.29, 1.82) is 0 Å². The van der Waals surface area contributed by atoms with E-state index in [4.69, 9.17) is 0 Å². The number of benzene rings is 2. The quantitative estimate of drug-likeness (QED) is 0.338. The van der Waals surface area contributed by atoms with Gasteiger partial charge in [0.15, 0.2) is 0 Å². The molecule has 0 saturated heterocycles. The smallest absolute Gasteiger partial charge is 0.324 e. The molecule has 5 rings (SSSR count). The van der Waals surface area contributed by atoms with Crippen LogP contribution in [0.4, 0.5) is 46.8 Å². The molecule has 2 aromatic carbocycles. The lowest BCUT2D eigenvalue weighted by Gasteiger charge is -2.35. The number of carbonyl (C=O) groups is 2. The number of nitrogens with one attached hydrogen (secondary N) is 2. The standard InChI is InChI=1S/C27H22F3N7O2/c1-16-6-7-21(33-24(38)17-4-3-5-19(12-17)27(28,29)30)13-22(16)37-15-18-14-32-25(34-20-8-10-31-11-9-20)35-23(18)36(2)26(37)39/h3-14H,15H2,1-2H3,(H,33,38)(H,31,32,34,35). The van der Waals surface area contributed by atoms with Gasteiger partial charge in [-0.25, -0.2) is 9.78 Å². The monoisotopic (exact) mass is 533 g/mol. The van der Waals surface area contributed by atoms with Gasteiger partial charge in [0, 0.05) is 48.1 Å². The minimum absolute atomic E-state index is 0.136. The summed E-state index contributed by atoms with van der Waals surface area (Å²) in [4.78, 5) is 41.9. The molecule has 198 valence electrons. The van der Waals surface area contributed by atoms with E-state index in [2.05, 4.69) is 25.6 Å². The van der Waals surface area contributed by atoms with Crippen LogP contribution in [0.3, 0.4) is 0 Å². The molecule has 0 saturated carbocycles. The molecule has 2 N–H and O–H groups in total. The Kier molecular flexibility index (Phi) is 6.60. The first kappa shape index (κ1) is 25.6. The number of amides is 3. The van der Waals surface area contributed by atoms with E-state index in [9.17, 15) is 22.8 Å². The zero-order valence-corrected chi connectivity index (χ0v) is 20.8. The number of aromatic nitrogens is 3. The van der Waals surface area contributed by atoms with Gasteiger partial charge in [0.25, 0.3) is 5.91 Å². The molecule has 39 heavy (non-hydrogen) atoms. The largest absolute Gasteiger partial charge is 0.416 e. The summed E-state index contributed by atoms with van der Waals surface area (Å²) in [6.07, 6.45) is 0.333. The van der Waals surface area contributed by atoms with Crippen LogP contribution < -0.4 is 20.4 Å². The van der Waals surface area contributed by atoms with Gasteiger partial charge in [-0.1, -0.05) is 12.1 Å². The molecule has 1 aliphatic heterocycles. The third-order valence-electron chi connectivity index (χ3n) is 6.15. The predicted octanol–water partition coefficient (Wildman–Crippen LogP) is 5.77. The molecule has 0 spiro atoms. The fourth-order valence-corrected chi connectivity index (χ4v) is 4.14. The lowest BCUT2D eigenvalue weighted by molar-refractivity contribution is -0.137. The second kappa shape index (κ2) is 10.0. The van der Waals surface area contributed by atoms with Gasteiger partial charge < -0.3 is 10.6 Å². The van der Waals surface area contributed by atoms with Crippen LogP contribution in [-0.4, -0.2) is 33.9 Å². The highest BCUT2D eigenvalue weighted by Gasteiger charge is 2.32. The molecule has 0 radical (unpaired) electrons. The Morgan fingerprint density at radius 2 is 1.79 bits per heavy atom. The van der Waals surface area contributed by atoms with E-state index in [1.165, 1.54) is 21.9 Å². The summed E-state index contributed by atoms with van der Waals surface area (Å²) in [5.74, 6) is 0.0731. The summed E-state index contributed by atoms with van der Waals surface area (Å²) in [5, 5.41) is 5.70. The zero-order chi connectivity index (χ0) is 27.7. The van der Waals surface area contributed by atoms with Gasteiger partial charge in [0.05, 0.1) is 17.8 Å². The van der Waals surface area contributed by atoms with Gasteiger partial charge in [0.1, 0.15) is 5.82 Å². The van der Waals surface area contributed by atoms with E-state index in [1.54, 1.807) is 56.0 Å². The number of alkyl halides is 3. The van der Waals surface area contributed by atoms with Crippen molar-refractivity contribution in [2.45, 2.75) is 19.6 Å². The number of fused-ring (bicyclic) bond motifs is 1. The summed E-state index contributed by atoms with van der Waals surface area (Å²) in [7, 11) is 1.60. The zero-order valence-electron chi connectivity index (χ0n) is 20.8. The molecule has 9 nitrogen and oxygen atoms in total. The molecule has 0 aliphatic carbocycles. The average molecular weight is 534 g/mol. The number of rotatable bonds is 5. The molecule has 1 aliphatic rings. The Morgan fingerprint density at radius 3 is 2.54 bits per heavy atom. The van der Waals surface area contributed by atoms with Crippen molar-refractivity contribution < 1.29 is 22.8 Å². The van der Waals surface area contributed by atoms with Crippen LogP contribution in [0.15, 0.2) is 73.2 Å². The highest BCUT2D eigenvalue weighted by atomic mass is 19.4. The maximum absolute atomic E-state index is 13.4. The Morgan fingerprint density at radius 1 is 1.03 bits per heavy atom. The van der Waals surface area contributed by atoms with E-state index in [0.29, 0.717) is 28.7 Å². The minimum atomic E-state index is -4.57. The van der Waals surface area contributed by atoms with Crippen LogP contribution in [0.5, 0.6) is 0 Å². The van der Waals surface area contributed by atoms with Gasteiger partial charge in [0.2, 0.25) is 5.95 Å². The maximum Gasteiger partial charge on any atom is 0.416 e. The molecule has 2 aromatic heterocycles. The number of nitrogens with zero attached hydrogens (tertiary/aromatic N) is 5. The van der Waals surface area contributed by atoms with Crippen molar-refractivity contribution in [3.05, 3.63) is 95.4 Å². The predicted molar refractivity (Wildman–Crippen MR) is 140 cm³/mol. The Bertz CT molecular complexity index is 1560. The fourth-order valence-electron chi connectivity index (χ4n) is 4.14. The van der Waals surface area contributed by atoms with Crippen LogP contribution in [-0.2, 0) is 12.7 Å². The van der Waals surface area contributed by atoms with E-state index in [0.717, 1.165) is 23.4 Å². The highest BCUT2D eigenvalue weighted by molar-refractivity contribution is 6.07. The number of halogens is 3. The van der Waals surface area contributed by atoms with Crippen molar-refractivity contribution in [1.82, 2.24) is 15.0 Å². The normalized spacial score (nSPS) is 13.2. The van der Waals surface area contributed by atoms with Crippen molar-refractivity contribution in [2.24, 2.45) is 0 Å². The van der Waals surface area contributed by atoms with Crippen molar-refractivity contribution >= 4 is 40.8 Å². The van der Waals surface area contributed by atoms with Crippen LogP contribution >= 0.6 is 0 Å². The van der Waals surface area contributed by atoms with Gasteiger partial charge in [-0.05, 0) is 55.0 Å². The van der Waals surface area contributed by atoms with Crippen LogP contribution in [0.1, 0.15) is 27.0 Å². The Labute approximate surface area is 221 Å². The summed E-state index contributed by atoms with van der Waals surface area (Å²) in [6.45, 7) is 1.99. The number of hydrogen-bond acceptors (Lipinski definition) is 6. The molecular weight excluding hydrogens is 511 g/mol. The fraction of sp³-hybridized carbons (Fsp3) is 0.148. The van der Waals surface area contributed by atoms with Crippen molar-refractivity contribution in [3.8, 4) is 0 Å². The molecule has 0 fully saturated rings. The Balaban J connectivity index is 1.38. The van der Waals surface area contributed by atoms with E-state index in [1.807, 2.05) is 6.92 Å². The first-order valence-electron chi connectivity index (χ1n) is 11.8. The number of pyridine rings is 1. The summed E-state index contributed by atoms with van der Waals surface area (Å²) < 4.78 is 39.2. The first-order chi connectivity index (χ1) is 18.6. The number of anilines is 5. The van der Waals surface area contributed by atoms with E-state index < -0.39 is 17.6 Å². The summed E-state index contributed by atoms with van der Waals surface area (Å²) in [5.41, 5.74) is 2.01. The molecule has 3 heterocycles. The molecule has 0 atom stereocenters. The number of carbonyl (C=O) groups excluding carboxylic acids is 2. The van der Waals surface area contributed by atoms with Gasteiger partial charge >= 0.3 is 12.2 Å². The van der Waals surface area contributed by atoms with E-state index >= 15 is 0 Å². The van der Waals surface area contributed by atoms with Gasteiger partial charge in [-0.3, -0.25) is 19.6 Å². The molecule has 4 aromatic rings. The number of hydrogen-bond donors (Lipinski definition) is 2. The van der Waals surface area contributed by atoms with Crippen molar-refractivity contribution in [3.63, 3.8) is 0 Å². The molecule has 0 bridgehead atoms. The molecule has 3 amide bonds. The average Bonchev–Trinajstić information content (AvgIpc) is 2.92. The third kappa shape index (κ3) is 5.35. The minimum Gasteiger partial charge on any atom is -0.324 e. The summed E-state index contributed by atoms with van der Waals surface area (Å²) >= 11 is 0. The SMILES string of the molecule is Cc1ccc(NC(=O)c2cccc(C(F)(F)F)c2)cc1N1Cc2cnc(Nc3ccncc3)nc2N(C)C1=O. The van der Waals surface area contributed by atoms with Crippen molar-refractivity contribution in [2.75, 3.05) is 27.5 Å². The Hall–Kier alpha value is -5.00. The number of urea groups is 1. The summed E-state index contributed by atoms with van der Waals surface area (Å²) in [6, 6.07) is 12.3. The lowest BCUT2D eigenvalue weighted by Crippen LogP contribution is -2.46. The third-order valence-corrected chi connectivity index (χ3v) is 6.15. The van der Waals surface area contributed by atoms with Crippen LogP contribution in [0.25, 0.3) is 0 Å². The lowest BCUT2D eigenvalue weighted by atomic mass is 10.1. The maximum atomic E-state index is 13.4. The van der Waals surface area contributed by atoms with Gasteiger partial charge in [-0.15, -0.1) is 0 Å². The van der Waals surface area contributed by atoms with Crippen LogP contribution in [0.2, 0.25) is 0 Å². The second-order valence-corrected chi connectivity index (χ2v) is 8.87. The number of aryl methyl sites for hydroxylation is 1. The molecule has 12 heteroatoms. The topological polar surface area (TPSA) is 103 Å². The van der Waals surface area contributed by atoms with Crippen LogP contribution in [0, 0.1) is 6.92 Å². The first-order valence-corrected chi connectivity index (χ1v) is 11.8. The van der Waals surface area contributed by atoms with Gasteiger partial charge in [-0.2, -0.15) is 18.2 Å². The second-order valence-electron chi connectivity index (χ2n) is 8.87. The highest BCUT2D eigenvalue weighted by Crippen LogP contribution is 2.34. The molecule has 0 unspecified atom stereocenters. The molecular formula is C27H22F3N7O2.